The molecule has 0 aliphatic carbocycles. The molecule has 0 radical (unpaired) electrons. The van der Waals surface area contributed by atoms with Crippen LogP contribution in [-0.2, 0) is 4.79 Å². The van der Waals surface area contributed by atoms with E-state index in [0.717, 1.165) is 35.0 Å². The number of Topliss-reactive ketones (excluding diaryl/α,β-unsaturated/α-hetero) is 1. The van der Waals surface area contributed by atoms with E-state index in [2.05, 4.69) is 20.8 Å². The lowest BCUT2D eigenvalue weighted by atomic mass is 10.00. The fourth-order valence-corrected chi connectivity index (χ4v) is 3.57. The van der Waals surface area contributed by atoms with Crippen LogP contribution in [0.2, 0.25) is 5.02 Å². The second-order valence-corrected chi connectivity index (χ2v) is 7.17. The van der Waals surface area contributed by atoms with Crippen LogP contribution in [0.25, 0.3) is 22.0 Å². The molecule has 0 spiro atoms. The number of fused-ring (bicyclic) bond motifs is 1. The summed E-state index contributed by atoms with van der Waals surface area (Å²) in [6.07, 6.45) is 0.826. The number of ketones is 1. The van der Waals surface area contributed by atoms with Crippen LogP contribution in [0.3, 0.4) is 0 Å². The van der Waals surface area contributed by atoms with Gasteiger partial charge in [-0.05, 0) is 55.8 Å². The van der Waals surface area contributed by atoms with Gasteiger partial charge in [-0.2, -0.15) is 5.10 Å². The smallest absolute Gasteiger partial charge is 0.230 e. The predicted molar refractivity (Wildman–Crippen MR) is 106 cm³/mol. The normalized spacial score (nSPS) is 16.6. The van der Waals surface area contributed by atoms with Crippen LogP contribution in [0.1, 0.15) is 23.7 Å². The van der Waals surface area contributed by atoms with Crippen LogP contribution in [0, 0.1) is 5.92 Å². The lowest BCUT2D eigenvalue weighted by molar-refractivity contribution is -0.119. The van der Waals surface area contributed by atoms with Crippen LogP contribution in [0.5, 0.6) is 0 Å². The number of benzene rings is 2. The maximum atomic E-state index is 12.4. The molecule has 4 rings (SSSR count). The number of carbonyl (C=O) groups excluding carboxylic acids is 2. The number of hydrogen-bond donors (Lipinski definition) is 3. The molecular weight excluding hydrogens is 364 g/mol. The molecule has 7 heteroatoms. The van der Waals surface area contributed by atoms with Gasteiger partial charge in [-0.15, -0.1) is 0 Å². The molecule has 2 aromatic carbocycles. The van der Waals surface area contributed by atoms with Crippen LogP contribution < -0.4 is 10.6 Å². The minimum Gasteiger partial charge on any atom is -0.316 e. The largest absolute Gasteiger partial charge is 0.316 e. The molecule has 0 unspecified atom stereocenters. The summed E-state index contributed by atoms with van der Waals surface area (Å²) in [4.78, 5) is 24.1. The van der Waals surface area contributed by atoms with Crippen molar-refractivity contribution in [3.8, 4) is 11.1 Å². The van der Waals surface area contributed by atoms with Gasteiger partial charge in [0.25, 0.3) is 0 Å². The Hall–Kier alpha value is -2.70. The van der Waals surface area contributed by atoms with Crippen molar-refractivity contribution in [1.29, 1.82) is 0 Å². The number of H-pyrrole nitrogens is 1. The first-order valence-electron chi connectivity index (χ1n) is 8.83. The van der Waals surface area contributed by atoms with E-state index in [1.165, 1.54) is 6.92 Å². The highest BCUT2D eigenvalue weighted by atomic mass is 35.5. The van der Waals surface area contributed by atoms with Crippen molar-refractivity contribution in [1.82, 2.24) is 15.5 Å². The van der Waals surface area contributed by atoms with Gasteiger partial charge < -0.3 is 10.6 Å². The Kier molecular flexibility index (Phi) is 4.68. The second-order valence-electron chi connectivity index (χ2n) is 6.76. The Bertz CT molecular complexity index is 1040. The fourth-order valence-electron chi connectivity index (χ4n) is 3.34. The fraction of sp³-hybridized carbons (Fsp3) is 0.250. The lowest BCUT2D eigenvalue weighted by Gasteiger charge is -2.09. The highest BCUT2D eigenvalue weighted by molar-refractivity contribution is 6.33. The van der Waals surface area contributed by atoms with E-state index in [4.69, 9.17) is 11.6 Å². The van der Waals surface area contributed by atoms with Gasteiger partial charge in [-0.3, -0.25) is 14.7 Å². The maximum absolute atomic E-state index is 12.4. The molecule has 3 N–H and O–H groups in total. The molecule has 1 atom stereocenters. The third-order valence-corrected chi connectivity index (χ3v) is 5.25. The average Bonchev–Trinajstić information content (AvgIpc) is 3.32. The van der Waals surface area contributed by atoms with Crippen molar-refractivity contribution in [2.24, 2.45) is 5.92 Å². The number of halogens is 1. The van der Waals surface area contributed by atoms with Gasteiger partial charge in [-0.1, -0.05) is 17.7 Å². The van der Waals surface area contributed by atoms with E-state index in [1.54, 1.807) is 18.2 Å². The van der Waals surface area contributed by atoms with Crippen molar-refractivity contribution in [3.63, 3.8) is 0 Å². The summed E-state index contributed by atoms with van der Waals surface area (Å²) in [7, 11) is 0. The van der Waals surface area contributed by atoms with Crippen molar-refractivity contribution < 1.29 is 9.59 Å². The molecule has 0 bridgehead atoms. The SMILES string of the molecule is CC(=O)c1ccc(Cl)c(-c2ccc3[nH]nc(NC(=O)[C@@H]4CCNC4)c3c2)c1. The summed E-state index contributed by atoms with van der Waals surface area (Å²) >= 11 is 6.36. The average molecular weight is 383 g/mol. The molecule has 1 fully saturated rings. The molecule has 0 saturated carbocycles. The first-order valence-corrected chi connectivity index (χ1v) is 9.21. The van der Waals surface area contributed by atoms with Gasteiger partial charge in [0, 0.05) is 28.1 Å². The Labute approximate surface area is 161 Å². The van der Waals surface area contributed by atoms with E-state index in [1.807, 2.05) is 18.2 Å². The van der Waals surface area contributed by atoms with Gasteiger partial charge in [0.05, 0.1) is 11.4 Å². The van der Waals surface area contributed by atoms with Gasteiger partial charge in [-0.25, -0.2) is 0 Å². The number of amides is 1. The number of hydrogen-bond acceptors (Lipinski definition) is 4. The molecule has 6 nitrogen and oxygen atoms in total. The molecule has 1 saturated heterocycles. The van der Waals surface area contributed by atoms with Gasteiger partial charge >= 0.3 is 0 Å². The summed E-state index contributed by atoms with van der Waals surface area (Å²) in [5.74, 6) is 0.412. The van der Waals surface area contributed by atoms with Crippen LogP contribution in [-0.4, -0.2) is 35.0 Å². The first-order chi connectivity index (χ1) is 13.0. The van der Waals surface area contributed by atoms with Gasteiger partial charge in [0.2, 0.25) is 5.91 Å². The number of aromatic amines is 1. The zero-order valence-electron chi connectivity index (χ0n) is 14.8. The Morgan fingerprint density at radius 3 is 2.81 bits per heavy atom. The standard InChI is InChI=1S/C20H19ClN4O2/c1-11(26)12-2-4-17(21)15(8-12)13-3-5-18-16(9-13)19(25-24-18)23-20(27)14-6-7-22-10-14/h2-5,8-9,14,22H,6-7,10H2,1H3,(H2,23,24,25,27)/t14-/m1/s1. The third-order valence-electron chi connectivity index (χ3n) is 4.92. The summed E-state index contributed by atoms with van der Waals surface area (Å²) in [5, 5.41) is 14.7. The number of aromatic nitrogens is 2. The Morgan fingerprint density at radius 2 is 2.07 bits per heavy atom. The summed E-state index contributed by atoms with van der Waals surface area (Å²) in [5.41, 5.74) is 3.04. The highest BCUT2D eigenvalue weighted by Crippen LogP contribution is 2.33. The highest BCUT2D eigenvalue weighted by Gasteiger charge is 2.23. The number of anilines is 1. The predicted octanol–water partition coefficient (Wildman–Crippen LogP) is 3.63. The molecule has 138 valence electrons. The third kappa shape index (κ3) is 3.46. The summed E-state index contributed by atoms with van der Waals surface area (Å²) in [6, 6.07) is 11.0. The number of carbonyl (C=O) groups is 2. The second kappa shape index (κ2) is 7.13. The number of rotatable bonds is 4. The molecule has 1 aliphatic heterocycles. The zero-order valence-corrected chi connectivity index (χ0v) is 15.6. The van der Waals surface area contributed by atoms with E-state index < -0.39 is 0 Å². The minimum absolute atomic E-state index is 0.0181. The van der Waals surface area contributed by atoms with E-state index in [-0.39, 0.29) is 17.6 Å². The first kappa shape index (κ1) is 17.7. The summed E-state index contributed by atoms with van der Waals surface area (Å²) < 4.78 is 0. The van der Waals surface area contributed by atoms with Gasteiger partial charge in [0.15, 0.2) is 11.6 Å². The Morgan fingerprint density at radius 1 is 1.22 bits per heavy atom. The number of nitrogens with zero attached hydrogens (tertiary/aromatic N) is 1. The molecule has 1 aliphatic rings. The maximum Gasteiger partial charge on any atom is 0.230 e. The van der Waals surface area contributed by atoms with Crippen LogP contribution >= 0.6 is 11.6 Å². The quantitative estimate of drug-likeness (QED) is 0.601. The minimum atomic E-state index is -0.0402. The monoisotopic (exact) mass is 382 g/mol. The van der Waals surface area contributed by atoms with Crippen LogP contribution in [0.15, 0.2) is 36.4 Å². The van der Waals surface area contributed by atoms with E-state index >= 15 is 0 Å². The number of nitrogens with one attached hydrogen (secondary N) is 3. The van der Waals surface area contributed by atoms with Gasteiger partial charge in [0.1, 0.15) is 0 Å². The van der Waals surface area contributed by atoms with Crippen molar-refractivity contribution >= 4 is 40.0 Å². The molecule has 2 heterocycles. The zero-order chi connectivity index (χ0) is 19.0. The van der Waals surface area contributed by atoms with Crippen molar-refractivity contribution in [3.05, 3.63) is 47.0 Å². The molecule has 3 aromatic rings. The summed E-state index contributed by atoms with van der Waals surface area (Å²) in [6.45, 7) is 3.07. The lowest BCUT2D eigenvalue weighted by Crippen LogP contribution is -2.24. The molecule has 1 aromatic heterocycles. The van der Waals surface area contributed by atoms with E-state index in [0.29, 0.717) is 22.9 Å². The molecular formula is C20H19ClN4O2. The molecule has 1 amide bonds. The van der Waals surface area contributed by atoms with Crippen molar-refractivity contribution in [2.75, 3.05) is 18.4 Å². The Balaban J connectivity index is 1.71. The van der Waals surface area contributed by atoms with E-state index in [9.17, 15) is 9.59 Å². The molecule has 27 heavy (non-hydrogen) atoms. The van der Waals surface area contributed by atoms with Crippen molar-refractivity contribution in [2.45, 2.75) is 13.3 Å². The van der Waals surface area contributed by atoms with Crippen LogP contribution in [0.4, 0.5) is 5.82 Å². The topological polar surface area (TPSA) is 86.9 Å².